The van der Waals surface area contributed by atoms with Crippen molar-refractivity contribution in [3.63, 3.8) is 0 Å². The average Bonchev–Trinajstić information content (AvgIpc) is 1.54. The van der Waals surface area contributed by atoms with E-state index in [0.717, 1.165) is 0 Å². The van der Waals surface area contributed by atoms with Crippen LogP contribution < -0.4 is 37.2 Å². The number of halogens is 3. The summed E-state index contributed by atoms with van der Waals surface area (Å²) >= 11 is 0. The van der Waals surface area contributed by atoms with Crippen molar-refractivity contribution in [2.75, 3.05) is 0 Å². The molecule has 0 aliphatic rings. The van der Waals surface area contributed by atoms with Gasteiger partial charge in [0.25, 0.3) is 0 Å². The molecule has 0 unspecified atom stereocenters. The summed E-state index contributed by atoms with van der Waals surface area (Å²) in [6, 6.07) is 0. The van der Waals surface area contributed by atoms with Crippen molar-refractivity contribution in [3.8, 4) is 0 Å². The molecule has 0 heterocycles. The Kier molecular flexibility index (Phi) is 138. The third kappa shape index (κ3) is 59000. The molecule has 4 radical (unpaired) electrons. The fourth-order valence-electron chi connectivity index (χ4n) is 0. The summed E-state index contributed by atoms with van der Waals surface area (Å²) in [7, 11) is 0. The van der Waals surface area contributed by atoms with Crippen molar-refractivity contribution in [1.29, 1.82) is 0 Å². The first kappa shape index (κ1) is 53.3. The van der Waals surface area contributed by atoms with Gasteiger partial charge in [0, 0.05) is 0 Å². The molecule has 0 atom stereocenters. The van der Waals surface area contributed by atoms with E-state index in [0.29, 0.717) is 0 Å². The van der Waals surface area contributed by atoms with Crippen LogP contribution in [0.4, 0.5) is 0 Å². The molecule has 0 aromatic carbocycles. The van der Waals surface area contributed by atoms with Crippen LogP contribution in [0, 0.1) is 46.0 Å². The Hall–Kier alpha value is 0.236. The SMILES string of the molecule is O=[N+]([O-])[O-].O=[N+]([O-])[O-].O=[N+]([O-])[O-].[Bi+3].[Bi+3].[Cl-].[Cl-].[Cl-]. The van der Waals surface area contributed by atoms with Crippen molar-refractivity contribution in [2.24, 2.45) is 0 Å². The van der Waals surface area contributed by atoms with E-state index in [1.165, 1.54) is 0 Å². The normalized spacial score (nSPS) is 4.24. The van der Waals surface area contributed by atoms with Gasteiger partial charge in [0.05, 0.1) is 15.3 Å². The Morgan fingerprint density at radius 1 is 0.471 bits per heavy atom. The summed E-state index contributed by atoms with van der Waals surface area (Å²) in [5.41, 5.74) is 0. The van der Waals surface area contributed by atoms with E-state index in [1.54, 1.807) is 0 Å². The van der Waals surface area contributed by atoms with Crippen molar-refractivity contribution in [3.05, 3.63) is 46.0 Å². The van der Waals surface area contributed by atoms with E-state index >= 15 is 0 Å². The van der Waals surface area contributed by atoms with Crippen LogP contribution in [0.25, 0.3) is 0 Å². The Balaban J connectivity index is -0.0000000104. The van der Waals surface area contributed by atoms with Crippen molar-refractivity contribution in [2.45, 2.75) is 0 Å². The maximum atomic E-state index is 8.25. The molecule has 0 aliphatic carbocycles. The molecule has 17 heavy (non-hydrogen) atoms. The maximum absolute atomic E-state index is 8.25. The van der Waals surface area contributed by atoms with Crippen LogP contribution in [0.3, 0.4) is 0 Å². The number of hydrogen-bond donors (Lipinski definition) is 0. The van der Waals surface area contributed by atoms with Gasteiger partial charge in [-0.2, -0.15) is 0 Å². The van der Waals surface area contributed by atoms with Gasteiger partial charge >= 0.3 is 52.4 Å². The van der Waals surface area contributed by atoms with Gasteiger partial charge in [0.1, 0.15) is 0 Å². The quantitative estimate of drug-likeness (QED) is 0.133. The zero-order valence-corrected chi connectivity index (χ0v) is 16.3. The molecule has 0 saturated carbocycles. The monoisotopic (exact) mass is 709 g/mol. The second-order valence-electron chi connectivity index (χ2n) is 0.671. The topological polar surface area (TPSA) is 199 Å². The Morgan fingerprint density at radius 3 is 0.471 bits per heavy atom. The molecule has 12 nitrogen and oxygen atoms in total. The van der Waals surface area contributed by atoms with Crippen LogP contribution >= 0.6 is 0 Å². The van der Waals surface area contributed by atoms with Crippen LogP contribution in [-0.2, 0) is 0 Å². The molecule has 100 valence electrons. The summed E-state index contributed by atoms with van der Waals surface area (Å²) in [6.07, 6.45) is 0. The Morgan fingerprint density at radius 2 is 0.471 bits per heavy atom. The first-order valence-electron chi connectivity index (χ1n) is 1.64. The largest absolute Gasteiger partial charge is 3.00 e. The minimum Gasteiger partial charge on any atom is -1.00 e. The minimum absolute atomic E-state index is 0. The fourth-order valence-corrected chi connectivity index (χ4v) is 0. The van der Waals surface area contributed by atoms with E-state index < -0.39 is 15.3 Å². The standard InChI is InChI=1S/2Bi.3ClH.3NO3/c;;;;;3*2-1(3)4/h;;3*1H;;;/q2*+3;;;;3*-1/p-3. The maximum Gasteiger partial charge on any atom is 3.00 e. The predicted molar refractivity (Wildman–Crippen MR) is 42.6 cm³/mol. The molecular formula is Bi2Cl3N3O9. The second-order valence-corrected chi connectivity index (χ2v) is 0.671. The van der Waals surface area contributed by atoms with Gasteiger partial charge < -0.3 is 83.2 Å². The summed E-state index contributed by atoms with van der Waals surface area (Å²) in [6.45, 7) is 0. The van der Waals surface area contributed by atoms with Crippen LogP contribution in [-0.4, -0.2) is 67.7 Å². The molecule has 0 amide bonds. The molecule has 0 aliphatic heterocycles. The smallest absolute Gasteiger partial charge is 1.00 e. The average molecular weight is 710 g/mol. The van der Waals surface area contributed by atoms with Crippen LogP contribution in [0.2, 0.25) is 0 Å². The molecular weight excluding hydrogens is 710 g/mol. The van der Waals surface area contributed by atoms with Gasteiger partial charge in [-0.25, -0.2) is 0 Å². The zero-order valence-electron chi connectivity index (χ0n) is 7.04. The molecule has 0 aromatic heterocycles. The molecule has 17 heteroatoms. The van der Waals surface area contributed by atoms with E-state index in [1.807, 2.05) is 0 Å². The summed E-state index contributed by atoms with van der Waals surface area (Å²) in [5, 5.41) is 44.2. The predicted octanol–water partition coefficient (Wildman–Crippen LogP) is -10.5. The molecule has 0 saturated heterocycles. The Bertz CT molecular complexity index is 127. The van der Waals surface area contributed by atoms with Crippen molar-refractivity contribution >= 4 is 52.4 Å². The fraction of sp³-hybridized carbons (Fsp3) is 0. The molecule has 0 bridgehead atoms. The third-order valence-corrected chi connectivity index (χ3v) is 0. The molecule has 0 N–H and O–H groups in total. The van der Waals surface area contributed by atoms with E-state index in [4.69, 9.17) is 46.0 Å². The summed E-state index contributed by atoms with van der Waals surface area (Å²) in [5.74, 6) is 0. The van der Waals surface area contributed by atoms with Crippen LogP contribution in [0.15, 0.2) is 0 Å². The van der Waals surface area contributed by atoms with E-state index in [9.17, 15) is 0 Å². The van der Waals surface area contributed by atoms with E-state index in [-0.39, 0.29) is 89.6 Å². The molecule has 0 aromatic rings. The Labute approximate surface area is 150 Å². The second kappa shape index (κ2) is 44.2. The molecule has 0 rings (SSSR count). The van der Waals surface area contributed by atoms with Gasteiger partial charge in [-0.3, -0.25) is 0 Å². The zero-order chi connectivity index (χ0) is 10.7. The number of hydrogen-bond acceptors (Lipinski definition) is 9. The van der Waals surface area contributed by atoms with Gasteiger partial charge in [-0.15, -0.1) is 0 Å². The van der Waals surface area contributed by atoms with Crippen molar-refractivity contribution < 1.29 is 52.5 Å². The van der Waals surface area contributed by atoms with E-state index in [2.05, 4.69) is 0 Å². The first-order chi connectivity index (χ1) is 5.20. The molecule has 0 fully saturated rings. The van der Waals surface area contributed by atoms with Crippen LogP contribution in [0.1, 0.15) is 0 Å². The first-order valence-corrected chi connectivity index (χ1v) is 1.64. The number of rotatable bonds is 0. The van der Waals surface area contributed by atoms with Crippen molar-refractivity contribution in [1.82, 2.24) is 0 Å². The third-order valence-electron chi connectivity index (χ3n) is 0. The minimum atomic E-state index is -1.75. The number of nitrogens with zero attached hydrogens (tertiary/aromatic N) is 3. The van der Waals surface area contributed by atoms with Gasteiger partial charge in [0.15, 0.2) is 0 Å². The van der Waals surface area contributed by atoms with Gasteiger partial charge in [0.2, 0.25) is 0 Å². The van der Waals surface area contributed by atoms with Gasteiger partial charge in [-0.05, 0) is 0 Å². The summed E-state index contributed by atoms with van der Waals surface area (Å²) < 4.78 is 0. The summed E-state index contributed by atoms with van der Waals surface area (Å²) in [4.78, 5) is 24.8. The van der Waals surface area contributed by atoms with Gasteiger partial charge in [-0.1, -0.05) is 0 Å². The molecule has 0 spiro atoms. The van der Waals surface area contributed by atoms with Crippen LogP contribution in [0.5, 0.6) is 0 Å².